The smallest absolute Gasteiger partial charge is 0.0156 e. The van der Waals surface area contributed by atoms with Gasteiger partial charge in [-0.2, -0.15) is 0 Å². The molecule has 13 heavy (non-hydrogen) atoms. The molecule has 0 aliphatic heterocycles. The topological polar surface area (TPSA) is 0 Å². The molecule has 0 N–H and O–H groups in total. The van der Waals surface area contributed by atoms with Crippen molar-refractivity contribution < 1.29 is 0 Å². The molecule has 1 aliphatic rings. The molecule has 1 unspecified atom stereocenters. The van der Waals surface area contributed by atoms with E-state index in [4.69, 9.17) is 0 Å². The van der Waals surface area contributed by atoms with E-state index < -0.39 is 0 Å². The highest BCUT2D eigenvalue weighted by molar-refractivity contribution is 5.34. The van der Waals surface area contributed by atoms with E-state index in [9.17, 15) is 0 Å². The molecule has 0 aromatic heterocycles. The maximum absolute atomic E-state index is 2.32. The summed E-state index contributed by atoms with van der Waals surface area (Å²) in [5.74, 6) is 0.871. The molecule has 1 aromatic carbocycles. The molecule has 0 heteroatoms. The van der Waals surface area contributed by atoms with Crippen LogP contribution in [0.2, 0.25) is 0 Å². The van der Waals surface area contributed by atoms with Crippen molar-refractivity contribution in [3.8, 4) is 0 Å². The van der Waals surface area contributed by atoms with Crippen molar-refractivity contribution in [2.75, 3.05) is 0 Å². The Balaban J connectivity index is 2.09. The highest BCUT2D eigenvalue weighted by Gasteiger charge is 2.20. The van der Waals surface area contributed by atoms with Crippen LogP contribution in [-0.2, 0) is 6.42 Å². The fourth-order valence-electron chi connectivity index (χ4n) is 2.40. The Morgan fingerprint density at radius 2 is 2.15 bits per heavy atom. The first kappa shape index (κ1) is 8.80. The van der Waals surface area contributed by atoms with Crippen LogP contribution in [0.1, 0.15) is 49.7 Å². The predicted octanol–water partition coefficient (Wildman–Crippen LogP) is 3.91. The van der Waals surface area contributed by atoms with Gasteiger partial charge < -0.3 is 0 Å². The standard InChI is InChI=1S/C13H18/c1-2-3-6-11-9-10-12-7-4-5-8-13(11)12/h4-5,7-8,11H,2-3,6,9-10H2,1H3. The van der Waals surface area contributed by atoms with Crippen LogP contribution in [0.15, 0.2) is 24.3 Å². The molecule has 2 rings (SSSR count). The highest BCUT2D eigenvalue weighted by atomic mass is 14.2. The molecule has 0 bridgehead atoms. The van der Waals surface area contributed by atoms with Crippen LogP contribution in [0.4, 0.5) is 0 Å². The third kappa shape index (κ3) is 1.77. The summed E-state index contributed by atoms with van der Waals surface area (Å²) in [6.07, 6.45) is 6.81. The van der Waals surface area contributed by atoms with Gasteiger partial charge in [0.25, 0.3) is 0 Å². The summed E-state index contributed by atoms with van der Waals surface area (Å²) in [6, 6.07) is 8.97. The largest absolute Gasteiger partial charge is 0.0654 e. The Hall–Kier alpha value is -0.780. The average molecular weight is 174 g/mol. The van der Waals surface area contributed by atoms with Gasteiger partial charge in [0.05, 0.1) is 0 Å². The normalized spacial score (nSPS) is 20.2. The van der Waals surface area contributed by atoms with Gasteiger partial charge in [-0.25, -0.2) is 0 Å². The zero-order valence-corrected chi connectivity index (χ0v) is 8.42. The van der Waals surface area contributed by atoms with Crippen molar-refractivity contribution >= 4 is 0 Å². The van der Waals surface area contributed by atoms with E-state index in [0.29, 0.717) is 0 Å². The minimum atomic E-state index is 0.871. The third-order valence-electron chi connectivity index (χ3n) is 3.16. The van der Waals surface area contributed by atoms with E-state index in [1.807, 2.05) is 0 Å². The van der Waals surface area contributed by atoms with E-state index in [2.05, 4.69) is 31.2 Å². The van der Waals surface area contributed by atoms with Crippen molar-refractivity contribution in [1.82, 2.24) is 0 Å². The van der Waals surface area contributed by atoms with E-state index in [-0.39, 0.29) is 0 Å². The fourth-order valence-corrected chi connectivity index (χ4v) is 2.40. The van der Waals surface area contributed by atoms with E-state index in [1.165, 1.54) is 32.1 Å². The minimum Gasteiger partial charge on any atom is -0.0654 e. The molecule has 0 saturated heterocycles. The van der Waals surface area contributed by atoms with Gasteiger partial charge in [0, 0.05) is 0 Å². The van der Waals surface area contributed by atoms with Crippen molar-refractivity contribution in [2.24, 2.45) is 0 Å². The number of rotatable bonds is 3. The fraction of sp³-hybridized carbons (Fsp3) is 0.538. The molecule has 0 amide bonds. The van der Waals surface area contributed by atoms with Crippen molar-refractivity contribution in [1.29, 1.82) is 0 Å². The first-order valence-electron chi connectivity index (χ1n) is 5.49. The molecule has 0 fully saturated rings. The number of hydrogen-bond donors (Lipinski definition) is 0. The maximum atomic E-state index is 2.32. The maximum Gasteiger partial charge on any atom is -0.0156 e. The van der Waals surface area contributed by atoms with Crippen LogP contribution in [0.3, 0.4) is 0 Å². The first-order valence-corrected chi connectivity index (χ1v) is 5.49. The van der Waals surface area contributed by atoms with E-state index in [1.54, 1.807) is 11.1 Å². The number of hydrogen-bond acceptors (Lipinski definition) is 0. The zero-order valence-electron chi connectivity index (χ0n) is 8.42. The Kier molecular flexibility index (Phi) is 2.68. The van der Waals surface area contributed by atoms with Crippen LogP contribution in [0.25, 0.3) is 0 Å². The lowest BCUT2D eigenvalue weighted by atomic mass is 9.96. The molecule has 1 aliphatic carbocycles. The van der Waals surface area contributed by atoms with Crippen LogP contribution in [0.5, 0.6) is 0 Å². The van der Waals surface area contributed by atoms with Crippen molar-refractivity contribution in [3.05, 3.63) is 35.4 Å². The Labute approximate surface area is 81.0 Å². The van der Waals surface area contributed by atoms with Gasteiger partial charge >= 0.3 is 0 Å². The molecule has 70 valence electrons. The second kappa shape index (κ2) is 3.95. The second-order valence-corrected chi connectivity index (χ2v) is 4.08. The lowest BCUT2D eigenvalue weighted by Crippen LogP contribution is -1.92. The molecule has 0 nitrogen and oxygen atoms in total. The van der Waals surface area contributed by atoms with Crippen LogP contribution in [-0.4, -0.2) is 0 Å². The summed E-state index contributed by atoms with van der Waals surface area (Å²) in [5, 5.41) is 0. The summed E-state index contributed by atoms with van der Waals surface area (Å²) < 4.78 is 0. The first-order chi connectivity index (χ1) is 6.42. The Morgan fingerprint density at radius 3 is 3.00 bits per heavy atom. The van der Waals surface area contributed by atoms with Gasteiger partial charge in [-0.3, -0.25) is 0 Å². The molecule has 0 radical (unpaired) electrons. The van der Waals surface area contributed by atoms with Gasteiger partial charge in [-0.05, 0) is 36.3 Å². The summed E-state index contributed by atoms with van der Waals surface area (Å²) in [6.45, 7) is 2.28. The molecular formula is C13H18. The van der Waals surface area contributed by atoms with Gasteiger partial charge in [0.2, 0.25) is 0 Å². The van der Waals surface area contributed by atoms with Crippen LogP contribution in [0, 0.1) is 0 Å². The Bertz CT molecular complexity index is 275. The number of fused-ring (bicyclic) bond motifs is 1. The van der Waals surface area contributed by atoms with Crippen molar-refractivity contribution in [3.63, 3.8) is 0 Å². The number of unbranched alkanes of at least 4 members (excludes halogenated alkanes) is 1. The van der Waals surface area contributed by atoms with Crippen LogP contribution < -0.4 is 0 Å². The summed E-state index contributed by atoms with van der Waals surface area (Å²) in [7, 11) is 0. The second-order valence-electron chi connectivity index (χ2n) is 4.08. The van der Waals surface area contributed by atoms with Gasteiger partial charge in [0.15, 0.2) is 0 Å². The summed E-state index contributed by atoms with van der Waals surface area (Å²) >= 11 is 0. The number of benzene rings is 1. The molecule has 0 heterocycles. The van der Waals surface area contributed by atoms with Gasteiger partial charge in [-0.1, -0.05) is 44.0 Å². The molecular weight excluding hydrogens is 156 g/mol. The van der Waals surface area contributed by atoms with Crippen LogP contribution >= 0.6 is 0 Å². The number of aryl methyl sites for hydroxylation is 1. The van der Waals surface area contributed by atoms with Crippen molar-refractivity contribution in [2.45, 2.75) is 44.9 Å². The molecule has 0 saturated carbocycles. The third-order valence-corrected chi connectivity index (χ3v) is 3.16. The summed E-state index contributed by atoms with van der Waals surface area (Å²) in [4.78, 5) is 0. The Morgan fingerprint density at radius 1 is 1.31 bits per heavy atom. The van der Waals surface area contributed by atoms with E-state index >= 15 is 0 Å². The lowest BCUT2D eigenvalue weighted by Gasteiger charge is -2.09. The molecule has 1 aromatic rings. The van der Waals surface area contributed by atoms with E-state index in [0.717, 1.165) is 5.92 Å². The quantitative estimate of drug-likeness (QED) is 0.651. The average Bonchev–Trinajstić information content (AvgIpc) is 2.58. The predicted molar refractivity (Wildman–Crippen MR) is 57.0 cm³/mol. The lowest BCUT2D eigenvalue weighted by molar-refractivity contribution is 0.580. The zero-order chi connectivity index (χ0) is 9.10. The SMILES string of the molecule is CCCCC1CCc2ccccc21. The summed E-state index contributed by atoms with van der Waals surface area (Å²) in [5.41, 5.74) is 3.24. The minimum absolute atomic E-state index is 0.871. The molecule has 0 spiro atoms. The molecule has 1 atom stereocenters. The monoisotopic (exact) mass is 174 g/mol. The highest BCUT2D eigenvalue weighted by Crippen LogP contribution is 2.36. The van der Waals surface area contributed by atoms with Gasteiger partial charge in [0.1, 0.15) is 0 Å². The van der Waals surface area contributed by atoms with Gasteiger partial charge in [-0.15, -0.1) is 0 Å².